The first-order valence-corrected chi connectivity index (χ1v) is 8.12. The number of hydrogen-bond acceptors (Lipinski definition) is 2. The molecule has 0 amide bonds. The smallest absolute Gasteiger partial charge is 0.139 e. The molecule has 21 heavy (non-hydrogen) atoms. The summed E-state index contributed by atoms with van der Waals surface area (Å²) in [6.07, 6.45) is 1.75. The van der Waals surface area contributed by atoms with Crippen LogP contribution >= 0.6 is 15.9 Å². The minimum absolute atomic E-state index is 0.0420. The van der Waals surface area contributed by atoms with Gasteiger partial charge in [-0.15, -0.1) is 0 Å². The average molecular weight is 352 g/mol. The van der Waals surface area contributed by atoms with Gasteiger partial charge in [-0.05, 0) is 40.8 Å². The van der Waals surface area contributed by atoms with Crippen molar-refractivity contribution in [1.29, 1.82) is 0 Å². The van der Waals surface area contributed by atoms with E-state index in [4.69, 9.17) is 5.10 Å². The molecule has 0 aliphatic carbocycles. The largest absolute Gasteiger partial charge is 0.369 e. The number of fused-ring (bicyclic) bond motifs is 1. The van der Waals surface area contributed by atoms with E-state index in [0.29, 0.717) is 11.5 Å². The van der Waals surface area contributed by atoms with Gasteiger partial charge >= 0.3 is 0 Å². The average Bonchev–Trinajstić information content (AvgIpc) is 2.76. The van der Waals surface area contributed by atoms with E-state index in [-0.39, 0.29) is 11.9 Å². The fourth-order valence-corrected chi connectivity index (χ4v) is 3.41. The van der Waals surface area contributed by atoms with E-state index in [9.17, 15) is 4.39 Å². The SMILES string of the molecule is CC(C)Cc1nn2c(c1Br)NCCC2c1ccccc1F. The van der Waals surface area contributed by atoms with Crippen LogP contribution in [0.25, 0.3) is 0 Å². The Balaban J connectivity index is 2.04. The Labute approximate surface area is 132 Å². The highest BCUT2D eigenvalue weighted by Crippen LogP contribution is 2.37. The van der Waals surface area contributed by atoms with Gasteiger partial charge in [-0.1, -0.05) is 32.0 Å². The zero-order valence-corrected chi connectivity index (χ0v) is 13.8. The molecule has 0 radical (unpaired) electrons. The van der Waals surface area contributed by atoms with Gasteiger partial charge in [0.05, 0.1) is 16.2 Å². The Kier molecular flexibility index (Phi) is 4.02. The van der Waals surface area contributed by atoms with Gasteiger partial charge in [-0.2, -0.15) is 5.10 Å². The van der Waals surface area contributed by atoms with E-state index >= 15 is 0 Å². The summed E-state index contributed by atoms with van der Waals surface area (Å²) in [5, 5.41) is 8.10. The van der Waals surface area contributed by atoms with Crippen LogP contribution in [0, 0.1) is 11.7 Å². The van der Waals surface area contributed by atoms with E-state index in [2.05, 4.69) is 35.1 Å². The number of nitrogens with zero attached hydrogens (tertiary/aromatic N) is 2. The van der Waals surface area contributed by atoms with Crippen LogP contribution in [0.1, 0.15) is 37.6 Å². The molecule has 1 aliphatic heterocycles. The molecule has 1 unspecified atom stereocenters. The number of hydrogen-bond donors (Lipinski definition) is 1. The van der Waals surface area contributed by atoms with E-state index in [1.807, 2.05) is 16.8 Å². The topological polar surface area (TPSA) is 29.9 Å². The van der Waals surface area contributed by atoms with Gasteiger partial charge in [0, 0.05) is 12.1 Å². The zero-order chi connectivity index (χ0) is 15.0. The standard InChI is InChI=1S/C16H19BrFN3/c1-10(2)9-13-15(17)16-19-8-7-14(21(16)20-13)11-5-3-4-6-12(11)18/h3-6,10,14,19H,7-9H2,1-2H3. The van der Waals surface area contributed by atoms with E-state index < -0.39 is 0 Å². The number of anilines is 1. The minimum Gasteiger partial charge on any atom is -0.369 e. The quantitative estimate of drug-likeness (QED) is 0.888. The molecule has 3 nitrogen and oxygen atoms in total. The van der Waals surface area contributed by atoms with Crippen LogP contribution in [-0.2, 0) is 6.42 Å². The van der Waals surface area contributed by atoms with Gasteiger partial charge in [-0.3, -0.25) is 0 Å². The number of rotatable bonds is 3. The van der Waals surface area contributed by atoms with Crippen molar-refractivity contribution in [3.8, 4) is 0 Å². The van der Waals surface area contributed by atoms with Crippen molar-refractivity contribution >= 4 is 21.7 Å². The second kappa shape index (κ2) is 5.79. The van der Waals surface area contributed by atoms with Gasteiger partial charge in [0.2, 0.25) is 0 Å². The predicted molar refractivity (Wildman–Crippen MR) is 86.1 cm³/mol. The van der Waals surface area contributed by atoms with Crippen molar-refractivity contribution in [3.05, 3.63) is 45.8 Å². The fraction of sp³-hybridized carbons (Fsp3) is 0.438. The molecule has 0 bridgehead atoms. The third-order valence-electron chi connectivity index (χ3n) is 3.79. The summed E-state index contributed by atoms with van der Waals surface area (Å²) in [5.74, 6) is 1.34. The molecule has 5 heteroatoms. The highest BCUT2D eigenvalue weighted by atomic mass is 79.9. The van der Waals surface area contributed by atoms with Crippen LogP contribution in [0.4, 0.5) is 10.2 Å². The van der Waals surface area contributed by atoms with Crippen LogP contribution < -0.4 is 5.32 Å². The lowest BCUT2D eigenvalue weighted by Gasteiger charge is -2.26. The molecule has 0 fully saturated rings. The Morgan fingerprint density at radius 1 is 1.43 bits per heavy atom. The van der Waals surface area contributed by atoms with Crippen LogP contribution in [0.5, 0.6) is 0 Å². The van der Waals surface area contributed by atoms with Crippen LogP contribution in [-0.4, -0.2) is 16.3 Å². The third-order valence-corrected chi connectivity index (χ3v) is 4.62. The molecule has 3 rings (SSSR count). The molecule has 0 saturated carbocycles. The zero-order valence-electron chi connectivity index (χ0n) is 12.2. The Morgan fingerprint density at radius 3 is 2.90 bits per heavy atom. The maximum atomic E-state index is 14.1. The first kappa shape index (κ1) is 14.6. The molecule has 2 aromatic rings. The van der Waals surface area contributed by atoms with Gasteiger partial charge in [0.25, 0.3) is 0 Å². The molecular weight excluding hydrogens is 333 g/mol. The summed E-state index contributed by atoms with van der Waals surface area (Å²) >= 11 is 3.64. The highest BCUT2D eigenvalue weighted by molar-refractivity contribution is 9.10. The first-order chi connectivity index (χ1) is 10.1. The third kappa shape index (κ3) is 2.71. The summed E-state index contributed by atoms with van der Waals surface area (Å²) in [6.45, 7) is 5.17. The Morgan fingerprint density at radius 2 is 2.19 bits per heavy atom. The summed E-state index contributed by atoms with van der Waals surface area (Å²) in [6, 6.07) is 6.94. The molecule has 2 heterocycles. The number of nitrogens with one attached hydrogen (secondary N) is 1. The van der Waals surface area contributed by atoms with Crippen LogP contribution in [0.2, 0.25) is 0 Å². The molecule has 1 aromatic carbocycles. The van der Waals surface area contributed by atoms with Crippen molar-refractivity contribution in [1.82, 2.24) is 9.78 Å². The number of benzene rings is 1. The predicted octanol–water partition coefficient (Wildman–Crippen LogP) is 4.39. The van der Waals surface area contributed by atoms with Gasteiger partial charge in [0.15, 0.2) is 0 Å². The molecule has 0 spiro atoms. The van der Waals surface area contributed by atoms with Gasteiger partial charge < -0.3 is 5.32 Å². The number of aromatic nitrogens is 2. The van der Waals surface area contributed by atoms with Gasteiger partial charge in [-0.25, -0.2) is 9.07 Å². The van der Waals surface area contributed by atoms with Crippen molar-refractivity contribution in [2.24, 2.45) is 5.92 Å². The molecule has 1 aromatic heterocycles. The number of halogens is 2. The molecule has 1 atom stereocenters. The molecule has 1 aliphatic rings. The maximum absolute atomic E-state index is 14.1. The normalized spacial score (nSPS) is 17.7. The minimum atomic E-state index is -0.160. The summed E-state index contributed by atoms with van der Waals surface area (Å²) in [7, 11) is 0. The van der Waals surface area contributed by atoms with Crippen LogP contribution in [0.15, 0.2) is 28.7 Å². The van der Waals surface area contributed by atoms with Gasteiger partial charge in [0.1, 0.15) is 11.6 Å². The van der Waals surface area contributed by atoms with Crippen molar-refractivity contribution < 1.29 is 4.39 Å². The molecule has 1 N–H and O–H groups in total. The summed E-state index contributed by atoms with van der Waals surface area (Å²) in [5.41, 5.74) is 1.75. The summed E-state index contributed by atoms with van der Waals surface area (Å²) in [4.78, 5) is 0. The van der Waals surface area contributed by atoms with E-state index in [1.54, 1.807) is 6.07 Å². The van der Waals surface area contributed by atoms with E-state index in [0.717, 1.165) is 35.4 Å². The lowest BCUT2D eigenvalue weighted by Crippen LogP contribution is -2.25. The molecule has 112 valence electrons. The lowest BCUT2D eigenvalue weighted by molar-refractivity contribution is 0.453. The second-order valence-corrected chi connectivity index (χ2v) is 6.70. The van der Waals surface area contributed by atoms with E-state index in [1.165, 1.54) is 6.07 Å². The Hall–Kier alpha value is -1.36. The molecular formula is C16H19BrFN3. The highest BCUT2D eigenvalue weighted by Gasteiger charge is 2.28. The second-order valence-electron chi connectivity index (χ2n) is 5.90. The molecule has 0 saturated heterocycles. The maximum Gasteiger partial charge on any atom is 0.139 e. The van der Waals surface area contributed by atoms with Crippen LogP contribution in [0.3, 0.4) is 0 Å². The fourth-order valence-electron chi connectivity index (χ4n) is 2.84. The van der Waals surface area contributed by atoms with Crippen molar-refractivity contribution in [3.63, 3.8) is 0 Å². The monoisotopic (exact) mass is 351 g/mol. The first-order valence-electron chi connectivity index (χ1n) is 7.33. The Bertz CT molecular complexity index is 651. The van der Waals surface area contributed by atoms with Crippen molar-refractivity contribution in [2.45, 2.75) is 32.7 Å². The summed E-state index contributed by atoms with van der Waals surface area (Å²) < 4.78 is 17.1. The lowest BCUT2D eigenvalue weighted by atomic mass is 10.0. The van der Waals surface area contributed by atoms with Crippen molar-refractivity contribution in [2.75, 3.05) is 11.9 Å².